The molecule has 1 aromatic rings. The molecule has 0 radical (unpaired) electrons. The lowest BCUT2D eigenvalue weighted by Gasteiger charge is -2.46. The third-order valence-electron chi connectivity index (χ3n) is 3.23. The molecule has 0 spiro atoms. The van der Waals surface area contributed by atoms with Crippen LogP contribution in [0, 0.1) is 0 Å². The van der Waals surface area contributed by atoms with Crippen molar-refractivity contribution in [2.75, 3.05) is 19.0 Å². The summed E-state index contributed by atoms with van der Waals surface area (Å²) in [6.07, 6.45) is 2.89. The Labute approximate surface area is 131 Å². The second kappa shape index (κ2) is 5.53. The van der Waals surface area contributed by atoms with Crippen LogP contribution in [0.1, 0.15) is 27.7 Å². The first-order valence-electron chi connectivity index (χ1n) is 6.85. The van der Waals surface area contributed by atoms with E-state index >= 15 is 0 Å². The van der Waals surface area contributed by atoms with E-state index < -0.39 is 21.2 Å². The van der Waals surface area contributed by atoms with E-state index in [4.69, 9.17) is 16.3 Å². The molecule has 1 saturated heterocycles. The van der Waals surface area contributed by atoms with Crippen molar-refractivity contribution in [2.45, 2.75) is 50.3 Å². The lowest BCUT2D eigenvalue weighted by Crippen LogP contribution is -2.58. The standard InChI is InChI=1S/C13H22ClN3O3S/c1-12(2)9-17(10-13(3,4)20-12)21(18,19)11-7-15-16(8-11)6-5-14/h7-8H,5-6,9-10H2,1-4H3. The number of hydrogen-bond donors (Lipinski definition) is 0. The molecule has 0 aromatic carbocycles. The summed E-state index contributed by atoms with van der Waals surface area (Å²) in [6, 6.07) is 0. The number of aromatic nitrogens is 2. The highest BCUT2D eigenvalue weighted by molar-refractivity contribution is 7.89. The summed E-state index contributed by atoms with van der Waals surface area (Å²) < 4.78 is 34.5. The number of halogens is 1. The van der Waals surface area contributed by atoms with Crippen LogP contribution in [0.15, 0.2) is 17.3 Å². The lowest BCUT2D eigenvalue weighted by atomic mass is 10.0. The van der Waals surface area contributed by atoms with Gasteiger partial charge in [-0.1, -0.05) is 0 Å². The van der Waals surface area contributed by atoms with E-state index in [1.165, 1.54) is 21.4 Å². The molecule has 2 rings (SSSR count). The molecule has 1 fully saturated rings. The highest BCUT2D eigenvalue weighted by Crippen LogP contribution is 2.31. The van der Waals surface area contributed by atoms with E-state index in [2.05, 4.69) is 5.10 Å². The van der Waals surface area contributed by atoms with Crippen molar-refractivity contribution in [3.63, 3.8) is 0 Å². The maximum Gasteiger partial charge on any atom is 0.246 e. The molecule has 8 heteroatoms. The molecule has 0 N–H and O–H groups in total. The summed E-state index contributed by atoms with van der Waals surface area (Å²) in [5.41, 5.74) is -1.05. The maximum atomic E-state index is 12.8. The zero-order valence-corrected chi connectivity index (χ0v) is 14.4. The van der Waals surface area contributed by atoms with Crippen molar-refractivity contribution in [3.05, 3.63) is 12.4 Å². The zero-order chi connectivity index (χ0) is 15.9. The highest BCUT2D eigenvalue weighted by atomic mass is 35.5. The van der Waals surface area contributed by atoms with E-state index in [1.807, 2.05) is 27.7 Å². The molecule has 0 saturated carbocycles. The third kappa shape index (κ3) is 3.77. The van der Waals surface area contributed by atoms with Crippen LogP contribution < -0.4 is 0 Å². The summed E-state index contributed by atoms with van der Waals surface area (Å²) in [5, 5.41) is 4.03. The molecule has 0 atom stereocenters. The Hall–Kier alpha value is -0.630. The monoisotopic (exact) mass is 335 g/mol. The molecular formula is C13H22ClN3O3S. The van der Waals surface area contributed by atoms with Crippen molar-refractivity contribution in [1.29, 1.82) is 0 Å². The Morgan fingerprint density at radius 1 is 1.29 bits per heavy atom. The molecule has 0 aliphatic carbocycles. The zero-order valence-electron chi connectivity index (χ0n) is 12.8. The average molecular weight is 336 g/mol. The summed E-state index contributed by atoms with van der Waals surface area (Å²) in [7, 11) is -3.57. The van der Waals surface area contributed by atoms with Crippen LogP contribution in [-0.2, 0) is 21.3 Å². The van der Waals surface area contributed by atoms with E-state index in [1.54, 1.807) is 0 Å². The Balaban J connectivity index is 2.29. The first-order valence-corrected chi connectivity index (χ1v) is 8.82. The minimum absolute atomic E-state index is 0.195. The first kappa shape index (κ1) is 16.7. The fraction of sp³-hybridized carbons (Fsp3) is 0.769. The van der Waals surface area contributed by atoms with Crippen LogP contribution in [0.25, 0.3) is 0 Å². The fourth-order valence-corrected chi connectivity index (χ4v) is 4.59. The van der Waals surface area contributed by atoms with Gasteiger partial charge in [-0.3, -0.25) is 4.68 Å². The van der Waals surface area contributed by atoms with Gasteiger partial charge in [-0.25, -0.2) is 8.42 Å². The molecule has 0 bridgehead atoms. The van der Waals surface area contributed by atoms with E-state index in [9.17, 15) is 8.42 Å². The Morgan fingerprint density at radius 3 is 2.38 bits per heavy atom. The first-order chi connectivity index (χ1) is 9.56. The van der Waals surface area contributed by atoms with Crippen LogP contribution in [-0.4, -0.2) is 52.7 Å². The second-order valence-corrected chi connectivity index (χ2v) is 8.84. The maximum absolute atomic E-state index is 12.8. The van der Waals surface area contributed by atoms with Crippen LogP contribution in [0.3, 0.4) is 0 Å². The molecule has 6 nitrogen and oxygen atoms in total. The number of ether oxygens (including phenoxy) is 1. The van der Waals surface area contributed by atoms with Gasteiger partial charge in [0.15, 0.2) is 0 Å². The van der Waals surface area contributed by atoms with Gasteiger partial charge in [0.05, 0.1) is 23.9 Å². The molecule has 1 aliphatic heterocycles. The van der Waals surface area contributed by atoms with Gasteiger partial charge in [-0.15, -0.1) is 11.6 Å². The van der Waals surface area contributed by atoms with E-state index in [0.29, 0.717) is 25.5 Å². The van der Waals surface area contributed by atoms with E-state index in [-0.39, 0.29) is 4.90 Å². The molecule has 0 amide bonds. The van der Waals surface area contributed by atoms with Gasteiger partial charge in [0.25, 0.3) is 0 Å². The highest BCUT2D eigenvalue weighted by Gasteiger charge is 2.43. The van der Waals surface area contributed by atoms with Gasteiger partial charge in [0.1, 0.15) is 4.90 Å². The summed E-state index contributed by atoms with van der Waals surface area (Å²) in [5.74, 6) is 0.388. The Morgan fingerprint density at radius 2 is 1.86 bits per heavy atom. The van der Waals surface area contributed by atoms with Crippen LogP contribution in [0.5, 0.6) is 0 Å². The molecule has 1 aromatic heterocycles. The number of sulfonamides is 1. The third-order valence-corrected chi connectivity index (χ3v) is 5.14. The predicted octanol–water partition coefficient (Wildman–Crippen LogP) is 1.70. The van der Waals surface area contributed by atoms with Crippen molar-refractivity contribution in [1.82, 2.24) is 14.1 Å². The number of hydrogen-bond acceptors (Lipinski definition) is 4. The van der Waals surface area contributed by atoms with Crippen molar-refractivity contribution < 1.29 is 13.2 Å². The normalized spacial score (nSPS) is 22.3. The van der Waals surface area contributed by atoms with Crippen LogP contribution >= 0.6 is 11.6 Å². The van der Waals surface area contributed by atoms with Crippen molar-refractivity contribution >= 4 is 21.6 Å². The minimum Gasteiger partial charge on any atom is -0.367 e. The molecule has 2 heterocycles. The van der Waals surface area contributed by atoms with Gasteiger partial charge in [-0.2, -0.15) is 9.40 Å². The number of morpholine rings is 1. The van der Waals surface area contributed by atoms with Gasteiger partial charge < -0.3 is 4.74 Å². The number of rotatable bonds is 4. The van der Waals surface area contributed by atoms with Crippen LogP contribution in [0.2, 0.25) is 0 Å². The van der Waals surface area contributed by atoms with Gasteiger partial charge >= 0.3 is 0 Å². The molecule has 0 unspecified atom stereocenters. The topological polar surface area (TPSA) is 64.4 Å². The summed E-state index contributed by atoms with van der Waals surface area (Å²) in [6.45, 7) is 8.71. The second-order valence-electron chi connectivity index (χ2n) is 6.52. The van der Waals surface area contributed by atoms with Gasteiger partial charge in [0.2, 0.25) is 10.0 Å². The smallest absolute Gasteiger partial charge is 0.246 e. The largest absolute Gasteiger partial charge is 0.367 e. The predicted molar refractivity (Wildman–Crippen MR) is 80.9 cm³/mol. The SMILES string of the molecule is CC1(C)CN(S(=O)(=O)c2cnn(CCCl)c2)CC(C)(C)O1. The van der Waals surface area contributed by atoms with Gasteiger partial charge in [0, 0.05) is 25.2 Å². The summed E-state index contributed by atoms with van der Waals surface area (Å²) >= 11 is 5.65. The Bertz CT molecular complexity index is 594. The minimum atomic E-state index is -3.57. The van der Waals surface area contributed by atoms with Crippen molar-refractivity contribution in [3.8, 4) is 0 Å². The van der Waals surface area contributed by atoms with Crippen LogP contribution in [0.4, 0.5) is 0 Å². The average Bonchev–Trinajstić information content (AvgIpc) is 2.74. The summed E-state index contributed by atoms with van der Waals surface area (Å²) in [4.78, 5) is 0.195. The molecule has 21 heavy (non-hydrogen) atoms. The molecular weight excluding hydrogens is 314 g/mol. The fourth-order valence-electron chi connectivity index (χ4n) is 2.72. The number of alkyl halides is 1. The molecule has 120 valence electrons. The quantitative estimate of drug-likeness (QED) is 0.786. The lowest BCUT2D eigenvalue weighted by molar-refractivity contribution is -0.163. The number of nitrogens with zero attached hydrogens (tertiary/aromatic N) is 3. The van der Waals surface area contributed by atoms with Crippen molar-refractivity contribution in [2.24, 2.45) is 0 Å². The number of aryl methyl sites for hydroxylation is 1. The molecule has 1 aliphatic rings. The van der Waals surface area contributed by atoms with E-state index in [0.717, 1.165) is 0 Å². The Kier molecular flexibility index (Phi) is 4.41. The van der Waals surface area contributed by atoms with Gasteiger partial charge in [-0.05, 0) is 27.7 Å².